The summed E-state index contributed by atoms with van der Waals surface area (Å²) < 4.78 is 1.70. The molecule has 2 aromatic carbocycles. The number of hydrogen-bond acceptors (Lipinski definition) is 5. The van der Waals surface area contributed by atoms with E-state index in [0.29, 0.717) is 11.7 Å². The van der Waals surface area contributed by atoms with Crippen LogP contribution >= 0.6 is 11.8 Å². The number of carbonyl (C=O) groups is 1. The molecule has 0 fully saturated rings. The van der Waals surface area contributed by atoms with Gasteiger partial charge >= 0.3 is 0 Å². The number of tetrazole rings is 1. The van der Waals surface area contributed by atoms with E-state index in [4.69, 9.17) is 0 Å². The molecule has 0 aliphatic carbocycles. The Labute approximate surface area is 162 Å². The first-order chi connectivity index (χ1) is 13.1. The van der Waals surface area contributed by atoms with Crippen molar-refractivity contribution in [3.8, 4) is 5.69 Å². The summed E-state index contributed by atoms with van der Waals surface area (Å²) in [5.74, 6) is 0.119. The average molecular weight is 379 g/mol. The predicted octanol–water partition coefficient (Wildman–Crippen LogP) is 3.04. The van der Waals surface area contributed by atoms with Crippen molar-refractivity contribution in [2.24, 2.45) is 0 Å². The molecule has 3 aromatic rings. The molecule has 0 saturated heterocycles. The lowest BCUT2D eigenvalue weighted by Gasteiger charge is -2.30. The highest BCUT2D eigenvalue weighted by molar-refractivity contribution is 8.00. The molecule has 0 unspecified atom stereocenters. The minimum absolute atomic E-state index is 0.119. The number of fused-ring (bicyclic) bond motifs is 1. The summed E-state index contributed by atoms with van der Waals surface area (Å²) >= 11 is 1.40. The normalized spacial score (nSPS) is 14.7. The number of carbonyl (C=O) groups excluding carboxylic acids is 1. The summed E-state index contributed by atoms with van der Waals surface area (Å²) in [5.41, 5.74) is 4.58. The van der Waals surface area contributed by atoms with Crippen LogP contribution < -0.4 is 0 Å². The number of amides is 1. The van der Waals surface area contributed by atoms with Crippen LogP contribution in [0.1, 0.15) is 23.6 Å². The van der Waals surface area contributed by atoms with Gasteiger partial charge in [0.2, 0.25) is 11.1 Å². The van der Waals surface area contributed by atoms with Crippen LogP contribution in [0.3, 0.4) is 0 Å². The number of benzene rings is 2. The van der Waals surface area contributed by atoms with E-state index in [1.165, 1.54) is 22.9 Å². The lowest BCUT2D eigenvalue weighted by Crippen LogP contribution is -2.40. The first-order valence-electron chi connectivity index (χ1n) is 9.00. The van der Waals surface area contributed by atoms with Crippen molar-refractivity contribution in [2.75, 3.05) is 6.54 Å². The average Bonchev–Trinajstić information content (AvgIpc) is 3.15. The van der Waals surface area contributed by atoms with Gasteiger partial charge in [0.15, 0.2) is 0 Å². The zero-order valence-corrected chi connectivity index (χ0v) is 16.2. The lowest BCUT2D eigenvalue weighted by atomic mass is 10.00. The summed E-state index contributed by atoms with van der Waals surface area (Å²) in [5, 5.41) is 12.4. The second-order valence-electron chi connectivity index (χ2n) is 6.70. The van der Waals surface area contributed by atoms with E-state index in [0.717, 1.165) is 24.2 Å². The van der Waals surface area contributed by atoms with E-state index < -0.39 is 0 Å². The number of aromatic nitrogens is 4. The molecule has 0 spiro atoms. The third-order valence-corrected chi connectivity index (χ3v) is 5.88. The SMILES string of the molecule is Cc1ccccc1-n1nnnc1S[C@H](C)C(=O)N1CCc2ccccc2C1. The van der Waals surface area contributed by atoms with E-state index in [1.54, 1.807) is 4.68 Å². The van der Waals surface area contributed by atoms with E-state index >= 15 is 0 Å². The summed E-state index contributed by atoms with van der Waals surface area (Å²) in [6.07, 6.45) is 0.903. The van der Waals surface area contributed by atoms with Gasteiger partial charge in [-0.25, -0.2) is 0 Å². The van der Waals surface area contributed by atoms with Gasteiger partial charge in [0.05, 0.1) is 10.9 Å². The van der Waals surface area contributed by atoms with Gasteiger partial charge in [-0.3, -0.25) is 4.79 Å². The molecule has 0 radical (unpaired) electrons. The molecule has 6 nitrogen and oxygen atoms in total. The third kappa shape index (κ3) is 3.60. The highest BCUT2D eigenvalue weighted by Crippen LogP contribution is 2.27. The monoisotopic (exact) mass is 379 g/mol. The van der Waals surface area contributed by atoms with Gasteiger partial charge in [-0.1, -0.05) is 54.2 Å². The quantitative estimate of drug-likeness (QED) is 0.652. The molecule has 1 aliphatic rings. The summed E-state index contributed by atoms with van der Waals surface area (Å²) in [7, 11) is 0. The summed E-state index contributed by atoms with van der Waals surface area (Å²) in [6, 6.07) is 16.3. The Balaban J connectivity index is 1.49. The molecule has 1 aliphatic heterocycles. The van der Waals surface area contributed by atoms with Gasteiger partial charge < -0.3 is 4.90 Å². The van der Waals surface area contributed by atoms with Gasteiger partial charge in [0.1, 0.15) is 0 Å². The van der Waals surface area contributed by atoms with Gasteiger partial charge in [-0.15, -0.1) is 5.10 Å². The lowest BCUT2D eigenvalue weighted by molar-refractivity contribution is -0.131. The molecular formula is C20H21N5OS. The molecule has 1 amide bonds. The fourth-order valence-corrected chi connectivity index (χ4v) is 4.24. The topological polar surface area (TPSA) is 63.9 Å². The Morgan fingerprint density at radius 1 is 1.11 bits per heavy atom. The fraction of sp³-hybridized carbons (Fsp3) is 0.300. The zero-order chi connectivity index (χ0) is 18.8. The van der Waals surface area contributed by atoms with E-state index in [9.17, 15) is 4.79 Å². The number of para-hydroxylation sites is 1. The maximum atomic E-state index is 13.0. The van der Waals surface area contributed by atoms with Crippen molar-refractivity contribution in [2.45, 2.75) is 37.2 Å². The highest BCUT2D eigenvalue weighted by Gasteiger charge is 2.27. The fourth-order valence-electron chi connectivity index (χ4n) is 3.35. The number of aryl methyl sites for hydroxylation is 1. The van der Waals surface area contributed by atoms with Crippen molar-refractivity contribution in [1.82, 2.24) is 25.1 Å². The van der Waals surface area contributed by atoms with Gasteiger partial charge in [0, 0.05) is 13.1 Å². The van der Waals surface area contributed by atoms with E-state index in [1.807, 2.05) is 49.1 Å². The van der Waals surface area contributed by atoms with Gasteiger partial charge in [-0.05, 0) is 53.5 Å². The standard InChI is InChI=1S/C20H21N5OS/c1-14-7-3-6-10-18(14)25-20(21-22-23-25)27-15(2)19(26)24-12-11-16-8-4-5-9-17(16)13-24/h3-10,15H,11-13H2,1-2H3/t15-/m1/s1. The Kier molecular flexibility index (Phi) is 4.94. The van der Waals surface area contributed by atoms with Crippen LogP contribution in [-0.2, 0) is 17.8 Å². The molecule has 0 saturated carbocycles. The van der Waals surface area contributed by atoms with E-state index in [2.05, 4.69) is 33.7 Å². The van der Waals surface area contributed by atoms with Crippen LogP contribution in [0.15, 0.2) is 53.7 Å². The second-order valence-corrected chi connectivity index (χ2v) is 8.01. The smallest absolute Gasteiger partial charge is 0.236 e. The number of nitrogens with zero attached hydrogens (tertiary/aromatic N) is 5. The Hall–Kier alpha value is -2.67. The van der Waals surface area contributed by atoms with Crippen LogP contribution in [0, 0.1) is 6.92 Å². The highest BCUT2D eigenvalue weighted by atomic mass is 32.2. The predicted molar refractivity (Wildman–Crippen MR) is 105 cm³/mol. The van der Waals surface area contributed by atoms with Gasteiger partial charge in [-0.2, -0.15) is 4.68 Å². The Bertz CT molecular complexity index is 970. The first-order valence-corrected chi connectivity index (χ1v) is 9.88. The molecular weight excluding hydrogens is 358 g/mol. The molecule has 7 heteroatoms. The molecule has 1 atom stereocenters. The number of thioether (sulfide) groups is 1. The zero-order valence-electron chi connectivity index (χ0n) is 15.4. The Morgan fingerprint density at radius 2 is 1.85 bits per heavy atom. The minimum atomic E-state index is -0.260. The van der Waals surface area contributed by atoms with Crippen LogP contribution in [0.25, 0.3) is 5.69 Å². The van der Waals surface area contributed by atoms with Crippen LogP contribution in [0.2, 0.25) is 0 Å². The first kappa shape index (κ1) is 17.7. The van der Waals surface area contributed by atoms with Crippen molar-refractivity contribution < 1.29 is 4.79 Å². The molecule has 4 rings (SSSR count). The van der Waals surface area contributed by atoms with Crippen LogP contribution in [0.4, 0.5) is 0 Å². The van der Waals surface area contributed by atoms with Crippen molar-refractivity contribution in [3.05, 3.63) is 65.2 Å². The summed E-state index contributed by atoms with van der Waals surface area (Å²) in [4.78, 5) is 14.9. The molecule has 0 bridgehead atoms. The maximum Gasteiger partial charge on any atom is 0.236 e. The van der Waals surface area contributed by atoms with Crippen molar-refractivity contribution >= 4 is 17.7 Å². The number of rotatable bonds is 4. The molecule has 27 heavy (non-hydrogen) atoms. The second kappa shape index (κ2) is 7.52. The number of hydrogen-bond donors (Lipinski definition) is 0. The van der Waals surface area contributed by atoms with E-state index in [-0.39, 0.29) is 11.2 Å². The van der Waals surface area contributed by atoms with Crippen LogP contribution in [0.5, 0.6) is 0 Å². The van der Waals surface area contributed by atoms with Crippen molar-refractivity contribution in [3.63, 3.8) is 0 Å². The molecule has 2 heterocycles. The molecule has 1 aromatic heterocycles. The Morgan fingerprint density at radius 3 is 2.67 bits per heavy atom. The minimum Gasteiger partial charge on any atom is -0.337 e. The molecule has 138 valence electrons. The maximum absolute atomic E-state index is 13.0. The van der Waals surface area contributed by atoms with Crippen LogP contribution in [-0.4, -0.2) is 42.8 Å². The largest absolute Gasteiger partial charge is 0.337 e. The summed E-state index contributed by atoms with van der Waals surface area (Å²) in [6.45, 7) is 5.36. The van der Waals surface area contributed by atoms with Gasteiger partial charge in [0.25, 0.3) is 0 Å². The molecule has 0 N–H and O–H groups in total. The van der Waals surface area contributed by atoms with Crippen molar-refractivity contribution in [1.29, 1.82) is 0 Å². The third-order valence-electron chi connectivity index (χ3n) is 4.86.